The molecule has 2 aromatic rings. The number of rotatable bonds is 3. The van der Waals surface area contributed by atoms with Crippen molar-refractivity contribution in [2.45, 2.75) is 6.54 Å². The van der Waals surface area contributed by atoms with Gasteiger partial charge in [0.05, 0.1) is 5.69 Å². The van der Waals surface area contributed by atoms with Crippen molar-refractivity contribution < 1.29 is 8.78 Å². The van der Waals surface area contributed by atoms with Crippen molar-refractivity contribution in [2.75, 3.05) is 5.32 Å². The lowest BCUT2D eigenvalue weighted by molar-refractivity contribution is 0.602. The van der Waals surface area contributed by atoms with Gasteiger partial charge >= 0.3 is 0 Å². The van der Waals surface area contributed by atoms with E-state index in [0.29, 0.717) is 12.2 Å². The number of nitrogens with one attached hydrogen (secondary N) is 1. The van der Waals surface area contributed by atoms with Crippen LogP contribution in [-0.4, -0.2) is 4.57 Å². The number of hydrogen-bond acceptors (Lipinski definition) is 2. The van der Waals surface area contributed by atoms with Crippen LogP contribution in [-0.2, 0) is 13.6 Å². The van der Waals surface area contributed by atoms with E-state index < -0.39 is 11.6 Å². The zero-order chi connectivity index (χ0) is 13.1. The maximum absolute atomic E-state index is 13.3. The van der Waals surface area contributed by atoms with Crippen LogP contribution in [0.15, 0.2) is 30.5 Å². The molecule has 3 nitrogen and oxygen atoms in total. The summed E-state index contributed by atoms with van der Waals surface area (Å²) in [6.07, 6.45) is 1.77. The van der Waals surface area contributed by atoms with Gasteiger partial charge < -0.3 is 9.88 Å². The topological polar surface area (TPSA) is 40.8 Å². The molecule has 1 heterocycles. The number of halogens is 2. The molecule has 0 radical (unpaired) electrons. The number of benzene rings is 1. The van der Waals surface area contributed by atoms with E-state index in [2.05, 4.69) is 5.32 Å². The second-order valence-electron chi connectivity index (χ2n) is 3.93. The summed E-state index contributed by atoms with van der Waals surface area (Å²) < 4.78 is 28.0. The minimum Gasteiger partial charge on any atom is -0.378 e. The number of nitrogens with zero attached hydrogens (tertiary/aromatic N) is 2. The maximum Gasteiger partial charge on any atom is 0.146 e. The highest BCUT2D eigenvalue weighted by atomic mass is 19.1. The van der Waals surface area contributed by atoms with Gasteiger partial charge in [-0.05, 0) is 29.8 Å². The quantitative estimate of drug-likeness (QED) is 0.906. The van der Waals surface area contributed by atoms with Gasteiger partial charge in [0, 0.05) is 19.8 Å². The zero-order valence-corrected chi connectivity index (χ0v) is 9.74. The highest BCUT2D eigenvalue weighted by molar-refractivity contribution is 5.45. The van der Waals surface area contributed by atoms with Crippen LogP contribution in [0.4, 0.5) is 14.5 Å². The van der Waals surface area contributed by atoms with Gasteiger partial charge in [0.15, 0.2) is 0 Å². The summed E-state index contributed by atoms with van der Waals surface area (Å²) in [5.74, 6) is -1.00. The fourth-order valence-electron chi connectivity index (χ4n) is 1.67. The van der Waals surface area contributed by atoms with Gasteiger partial charge in [-0.25, -0.2) is 8.78 Å². The van der Waals surface area contributed by atoms with Crippen molar-refractivity contribution in [2.24, 2.45) is 7.05 Å². The lowest BCUT2D eigenvalue weighted by atomic mass is 10.2. The van der Waals surface area contributed by atoms with Crippen molar-refractivity contribution in [1.82, 2.24) is 4.57 Å². The molecule has 0 spiro atoms. The van der Waals surface area contributed by atoms with E-state index in [-0.39, 0.29) is 5.69 Å². The predicted octanol–water partition coefficient (Wildman–Crippen LogP) is 2.79. The molecule has 92 valence electrons. The zero-order valence-electron chi connectivity index (χ0n) is 9.74. The molecule has 0 aliphatic heterocycles. The highest BCUT2D eigenvalue weighted by Gasteiger charge is 2.05. The molecule has 0 aliphatic carbocycles. The van der Waals surface area contributed by atoms with Crippen LogP contribution < -0.4 is 5.32 Å². The molecular formula is C13H11F2N3. The first-order valence-corrected chi connectivity index (χ1v) is 5.34. The van der Waals surface area contributed by atoms with Crippen LogP contribution in [0.3, 0.4) is 0 Å². The van der Waals surface area contributed by atoms with Crippen molar-refractivity contribution in [3.05, 3.63) is 53.4 Å². The van der Waals surface area contributed by atoms with E-state index in [4.69, 9.17) is 5.26 Å². The smallest absolute Gasteiger partial charge is 0.146 e. The minimum atomic E-state index is -0.507. The van der Waals surface area contributed by atoms with E-state index >= 15 is 0 Å². The molecule has 2 rings (SSSR count). The Labute approximate surface area is 103 Å². The summed E-state index contributed by atoms with van der Waals surface area (Å²) in [6.45, 7) is 0.329. The molecule has 0 bridgehead atoms. The van der Waals surface area contributed by atoms with Gasteiger partial charge in [-0.3, -0.25) is 0 Å². The molecule has 0 amide bonds. The van der Waals surface area contributed by atoms with Gasteiger partial charge in [-0.2, -0.15) is 5.26 Å². The summed E-state index contributed by atoms with van der Waals surface area (Å²) in [4.78, 5) is 0. The number of aromatic nitrogens is 1. The van der Waals surface area contributed by atoms with Crippen molar-refractivity contribution in [1.29, 1.82) is 5.26 Å². The lowest BCUT2D eigenvalue weighted by Gasteiger charge is -2.06. The Morgan fingerprint density at radius 2 is 2.11 bits per heavy atom. The van der Waals surface area contributed by atoms with Crippen LogP contribution in [0, 0.1) is 23.0 Å². The Morgan fingerprint density at radius 1 is 1.33 bits per heavy atom. The van der Waals surface area contributed by atoms with E-state index in [1.165, 1.54) is 0 Å². The molecule has 0 unspecified atom stereocenters. The molecule has 0 aliphatic rings. The third-order valence-corrected chi connectivity index (χ3v) is 2.59. The minimum absolute atomic E-state index is 0.109. The molecule has 0 saturated heterocycles. The molecule has 0 saturated carbocycles. The normalized spacial score (nSPS) is 10.1. The largest absolute Gasteiger partial charge is 0.378 e. The fourth-order valence-corrected chi connectivity index (χ4v) is 1.67. The first-order chi connectivity index (χ1) is 8.60. The lowest BCUT2D eigenvalue weighted by Crippen LogP contribution is -2.01. The summed E-state index contributed by atoms with van der Waals surface area (Å²) in [5.41, 5.74) is 1.46. The predicted molar refractivity (Wildman–Crippen MR) is 63.8 cm³/mol. The van der Waals surface area contributed by atoms with Gasteiger partial charge in [0.25, 0.3) is 0 Å². The molecule has 5 heteroatoms. The van der Waals surface area contributed by atoms with Gasteiger partial charge in [-0.15, -0.1) is 0 Å². The van der Waals surface area contributed by atoms with Crippen LogP contribution in [0.1, 0.15) is 11.3 Å². The SMILES string of the molecule is Cn1cc(CNc2cc(F)ccc2F)cc1C#N. The monoisotopic (exact) mass is 247 g/mol. The molecular weight excluding hydrogens is 236 g/mol. The molecule has 0 atom stereocenters. The number of hydrogen-bond donors (Lipinski definition) is 1. The Morgan fingerprint density at radius 3 is 2.78 bits per heavy atom. The van der Waals surface area contributed by atoms with Crippen LogP contribution >= 0.6 is 0 Å². The summed E-state index contributed by atoms with van der Waals surface area (Å²) >= 11 is 0. The van der Waals surface area contributed by atoms with Crippen LogP contribution in [0.2, 0.25) is 0 Å². The molecule has 18 heavy (non-hydrogen) atoms. The average Bonchev–Trinajstić information content (AvgIpc) is 2.71. The Bertz CT molecular complexity index is 611. The first-order valence-electron chi connectivity index (χ1n) is 5.34. The van der Waals surface area contributed by atoms with Gasteiger partial charge in [0.2, 0.25) is 0 Å². The first kappa shape index (κ1) is 12.1. The second kappa shape index (κ2) is 4.88. The number of nitriles is 1. The summed E-state index contributed by atoms with van der Waals surface area (Å²) in [5, 5.41) is 11.6. The third-order valence-electron chi connectivity index (χ3n) is 2.59. The van der Waals surface area contributed by atoms with E-state index in [1.54, 1.807) is 23.9 Å². The number of anilines is 1. The van der Waals surface area contributed by atoms with Gasteiger partial charge in [0.1, 0.15) is 23.4 Å². The summed E-state index contributed by atoms with van der Waals surface area (Å²) in [6, 6.07) is 6.97. The highest BCUT2D eigenvalue weighted by Crippen LogP contribution is 2.16. The fraction of sp³-hybridized carbons (Fsp3) is 0.154. The molecule has 1 aromatic carbocycles. The Kier molecular flexibility index (Phi) is 3.28. The number of aryl methyl sites for hydroxylation is 1. The third kappa shape index (κ3) is 2.48. The van der Waals surface area contributed by atoms with Crippen molar-refractivity contribution in [3.8, 4) is 6.07 Å². The molecule has 0 fully saturated rings. The van der Waals surface area contributed by atoms with E-state index in [9.17, 15) is 8.78 Å². The van der Waals surface area contributed by atoms with Gasteiger partial charge in [-0.1, -0.05) is 0 Å². The second-order valence-corrected chi connectivity index (χ2v) is 3.93. The van der Waals surface area contributed by atoms with Crippen molar-refractivity contribution >= 4 is 5.69 Å². The Balaban J connectivity index is 2.11. The van der Waals surface area contributed by atoms with E-state index in [1.807, 2.05) is 6.07 Å². The van der Waals surface area contributed by atoms with Crippen LogP contribution in [0.25, 0.3) is 0 Å². The van der Waals surface area contributed by atoms with Crippen molar-refractivity contribution in [3.63, 3.8) is 0 Å². The maximum atomic E-state index is 13.3. The average molecular weight is 247 g/mol. The Hall–Kier alpha value is -2.35. The summed E-state index contributed by atoms with van der Waals surface area (Å²) in [7, 11) is 1.75. The standard InChI is InChI=1S/C13H11F2N3/c1-18-8-9(4-11(18)6-16)7-17-13-5-10(14)2-3-12(13)15/h2-5,8,17H,7H2,1H3. The van der Waals surface area contributed by atoms with E-state index in [0.717, 1.165) is 23.8 Å². The molecule has 1 N–H and O–H groups in total. The molecule has 1 aromatic heterocycles. The van der Waals surface area contributed by atoms with Crippen LogP contribution in [0.5, 0.6) is 0 Å².